The van der Waals surface area contributed by atoms with Gasteiger partial charge in [-0.05, 0) is 0 Å². The van der Waals surface area contributed by atoms with Gasteiger partial charge in [0, 0.05) is 19.7 Å². The highest BCUT2D eigenvalue weighted by Gasteiger charge is 2.26. The summed E-state index contributed by atoms with van der Waals surface area (Å²) in [5.41, 5.74) is -0.266. The maximum absolute atomic E-state index is 11.3. The van der Waals surface area contributed by atoms with Crippen LogP contribution in [0.25, 0.3) is 0 Å². The Morgan fingerprint density at radius 3 is 2.10 bits per heavy atom. The van der Waals surface area contributed by atoms with Crippen molar-refractivity contribution in [3.63, 3.8) is 0 Å². The molecule has 3 nitrogen and oxygen atoms in total. The van der Waals surface area contributed by atoms with E-state index in [-0.39, 0.29) is 5.52 Å². The first-order chi connectivity index (χ1) is 4.60. The summed E-state index contributed by atoms with van der Waals surface area (Å²) in [5.74, 6) is 0. The molecule has 0 aromatic carbocycles. The molecule has 0 saturated carbocycles. The fraction of sp³-hybridized carbons (Fsp3) is 0.833. The van der Waals surface area contributed by atoms with Crippen LogP contribution in [0.4, 0.5) is 0 Å². The summed E-state index contributed by atoms with van der Waals surface area (Å²) in [6, 6.07) is 0. The fourth-order valence-electron chi connectivity index (χ4n) is 0.648. The van der Waals surface area contributed by atoms with Gasteiger partial charge in [-0.15, -0.1) is 0 Å². The van der Waals surface area contributed by atoms with Crippen LogP contribution in [0.5, 0.6) is 0 Å². The second kappa shape index (κ2) is 3.89. The number of hydrogen-bond donors (Lipinski definition) is 0. The van der Waals surface area contributed by atoms with Gasteiger partial charge in [0.15, 0.2) is 0 Å². The summed E-state index contributed by atoms with van der Waals surface area (Å²) >= 11 is 0. The van der Waals surface area contributed by atoms with Gasteiger partial charge < -0.3 is 4.52 Å². The Morgan fingerprint density at radius 1 is 1.50 bits per heavy atom. The lowest BCUT2D eigenvalue weighted by Crippen LogP contribution is -2.01. The fourth-order valence-corrected chi connectivity index (χ4v) is 1.94. The summed E-state index contributed by atoms with van der Waals surface area (Å²) in [6.07, 6.45) is 0.592. The first-order valence-electron chi connectivity index (χ1n) is 3.29. The first-order valence-corrected chi connectivity index (χ1v) is 5.10. The van der Waals surface area contributed by atoms with Crippen molar-refractivity contribution in [2.45, 2.75) is 20.3 Å². The summed E-state index contributed by atoms with van der Waals surface area (Å²) in [7, 11) is -1.59. The van der Waals surface area contributed by atoms with Crippen LogP contribution < -0.4 is 0 Å². The highest BCUT2D eigenvalue weighted by molar-refractivity contribution is 7.76. The maximum Gasteiger partial charge on any atom is 0.266 e. The lowest BCUT2D eigenvalue weighted by Gasteiger charge is -2.09. The molecule has 0 bridgehead atoms. The molecule has 0 aromatic rings. The van der Waals surface area contributed by atoms with E-state index in [1.165, 1.54) is 7.11 Å². The van der Waals surface area contributed by atoms with Gasteiger partial charge in [0.2, 0.25) is 5.52 Å². The lowest BCUT2D eigenvalue weighted by molar-refractivity contribution is -0.112. The molecule has 0 aromatic heterocycles. The predicted molar refractivity (Wildman–Crippen MR) is 40.5 cm³/mol. The van der Waals surface area contributed by atoms with Gasteiger partial charge in [-0.2, -0.15) is 0 Å². The summed E-state index contributed by atoms with van der Waals surface area (Å²) < 4.78 is 16.0. The van der Waals surface area contributed by atoms with Gasteiger partial charge in [-0.25, -0.2) is 0 Å². The molecule has 0 N–H and O–H groups in total. The molecular formula is C6H13O3P. The van der Waals surface area contributed by atoms with Crippen molar-refractivity contribution in [2.75, 3.05) is 13.3 Å². The van der Waals surface area contributed by atoms with Crippen molar-refractivity contribution >= 4 is 12.9 Å². The van der Waals surface area contributed by atoms with Crippen molar-refractivity contribution in [2.24, 2.45) is 0 Å². The first kappa shape index (κ1) is 9.86. The molecular weight excluding hydrogens is 151 g/mol. The zero-order valence-electron chi connectivity index (χ0n) is 6.59. The smallest absolute Gasteiger partial charge is 0.266 e. The highest BCUT2D eigenvalue weighted by atomic mass is 31.2. The van der Waals surface area contributed by atoms with Crippen molar-refractivity contribution in [3.05, 3.63) is 0 Å². The van der Waals surface area contributed by atoms with E-state index in [9.17, 15) is 9.36 Å². The number of carbonyl (C=O) groups excluding carboxylic acids is 1. The van der Waals surface area contributed by atoms with Crippen LogP contribution in [0.3, 0.4) is 0 Å². The minimum absolute atomic E-state index is 0.266. The van der Waals surface area contributed by atoms with Crippen LogP contribution in [0.1, 0.15) is 20.3 Å². The van der Waals surface area contributed by atoms with E-state index in [1.807, 2.05) is 0 Å². The molecule has 0 spiro atoms. The van der Waals surface area contributed by atoms with Crippen LogP contribution in [0.2, 0.25) is 0 Å². The van der Waals surface area contributed by atoms with Gasteiger partial charge in [-0.3, -0.25) is 9.36 Å². The molecule has 60 valence electrons. The molecule has 0 aliphatic carbocycles. The van der Waals surface area contributed by atoms with Crippen LogP contribution in [0.15, 0.2) is 0 Å². The Kier molecular flexibility index (Phi) is 3.84. The Balaban J connectivity index is 4.34. The van der Waals surface area contributed by atoms with Crippen LogP contribution in [-0.2, 0) is 13.9 Å². The van der Waals surface area contributed by atoms with Crippen molar-refractivity contribution in [1.29, 1.82) is 0 Å². The minimum Gasteiger partial charge on any atom is -0.327 e. The van der Waals surface area contributed by atoms with E-state index in [0.29, 0.717) is 12.6 Å². The van der Waals surface area contributed by atoms with Crippen LogP contribution in [-0.4, -0.2) is 18.8 Å². The monoisotopic (exact) mass is 164 g/mol. The third-order valence-electron chi connectivity index (χ3n) is 1.39. The Hall–Kier alpha value is -0.140. The molecule has 1 unspecified atom stereocenters. The molecule has 0 amide bonds. The van der Waals surface area contributed by atoms with Crippen molar-refractivity contribution in [1.82, 2.24) is 0 Å². The number of hydrogen-bond acceptors (Lipinski definition) is 3. The van der Waals surface area contributed by atoms with Crippen LogP contribution in [0, 0.1) is 0 Å². The maximum atomic E-state index is 11.3. The SMILES string of the molecule is CCC(=O)P(=O)(CC)OC. The minimum atomic E-state index is -2.91. The molecule has 0 saturated heterocycles. The van der Waals surface area contributed by atoms with E-state index in [0.717, 1.165) is 0 Å². The molecule has 0 radical (unpaired) electrons. The standard InChI is InChI=1S/C6H13O3P/c1-4-6(7)10(8,5-2)9-3/h4-5H2,1-3H3. The second-order valence-corrected chi connectivity index (χ2v) is 4.76. The Bertz CT molecular complexity index is 156. The molecule has 4 heteroatoms. The van der Waals surface area contributed by atoms with E-state index in [2.05, 4.69) is 4.52 Å². The zero-order valence-corrected chi connectivity index (χ0v) is 7.48. The average Bonchev–Trinajstić information content (AvgIpc) is 2.01. The van der Waals surface area contributed by atoms with E-state index >= 15 is 0 Å². The van der Waals surface area contributed by atoms with Crippen molar-refractivity contribution < 1.29 is 13.9 Å². The number of rotatable bonds is 4. The van der Waals surface area contributed by atoms with E-state index in [1.54, 1.807) is 13.8 Å². The third-order valence-corrected chi connectivity index (χ3v) is 3.89. The Morgan fingerprint density at radius 2 is 2.00 bits per heavy atom. The second-order valence-electron chi connectivity index (χ2n) is 1.92. The zero-order chi connectivity index (χ0) is 8.20. The van der Waals surface area contributed by atoms with Gasteiger partial charge in [0.05, 0.1) is 0 Å². The molecule has 0 aliphatic heterocycles. The van der Waals surface area contributed by atoms with Crippen molar-refractivity contribution in [3.8, 4) is 0 Å². The topological polar surface area (TPSA) is 43.4 Å². The quantitative estimate of drug-likeness (QED) is 0.595. The molecule has 1 atom stereocenters. The summed E-state index contributed by atoms with van der Waals surface area (Å²) in [4.78, 5) is 10.9. The van der Waals surface area contributed by atoms with Gasteiger partial charge in [-0.1, -0.05) is 13.8 Å². The van der Waals surface area contributed by atoms with E-state index < -0.39 is 7.37 Å². The van der Waals surface area contributed by atoms with Crippen LogP contribution >= 0.6 is 7.37 Å². The molecule has 0 rings (SSSR count). The lowest BCUT2D eigenvalue weighted by atomic mass is 10.6. The molecule has 10 heavy (non-hydrogen) atoms. The predicted octanol–water partition coefficient (Wildman–Crippen LogP) is 1.87. The molecule has 0 heterocycles. The summed E-state index contributed by atoms with van der Waals surface area (Å²) in [6.45, 7) is 3.38. The Labute approximate surface area is 61.2 Å². The average molecular weight is 164 g/mol. The largest absolute Gasteiger partial charge is 0.327 e. The van der Waals surface area contributed by atoms with E-state index in [4.69, 9.17) is 0 Å². The van der Waals surface area contributed by atoms with Gasteiger partial charge in [0.25, 0.3) is 7.37 Å². The number of carbonyl (C=O) groups is 1. The molecule has 0 aliphatic rings. The molecule has 0 fully saturated rings. The summed E-state index contributed by atoms with van der Waals surface area (Å²) in [5, 5.41) is 0. The van der Waals surface area contributed by atoms with Gasteiger partial charge in [0.1, 0.15) is 0 Å². The normalized spacial score (nSPS) is 16.3. The third kappa shape index (κ3) is 1.93. The highest BCUT2D eigenvalue weighted by Crippen LogP contribution is 2.47. The van der Waals surface area contributed by atoms with Gasteiger partial charge >= 0.3 is 0 Å².